The number of aryl methyl sites for hydroxylation is 1. The molecule has 8 nitrogen and oxygen atoms in total. The minimum Gasteiger partial charge on any atom is -0.384 e. The molecule has 3 aromatic rings. The first-order valence-corrected chi connectivity index (χ1v) is 10.5. The van der Waals surface area contributed by atoms with Gasteiger partial charge in [0, 0.05) is 43.5 Å². The van der Waals surface area contributed by atoms with Crippen molar-refractivity contribution in [3.8, 4) is 23.1 Å². The Hall–Kier alpha value is -4.03. The fourth-order valence-electron chi connectivity index (χ4n) is 3.58. The van der Waals surface area contributed by atoms with Gasteiger partial charge in [-0.1, -0.05) is 11.8 Å². The number of aromatic nitrogens is 3. The molecule has 2 aromatic heterocycles. The molecule has 3 heterocycles. The summed E-state index contributed by atoms with van der Waals surface area (Å²) in [5, 5.41) is 0. The number of nitrogens with zero attached hydrogens (tertiary/aromatic N) is 5. The van der Waals surface area contributed by atoms with E-state index in [0.717, 1.165) is 13.1 Å². The summed E-state index contributed by atoms with van der Waals surface area (Å²) in [5.41, 5.74) is 14.3. The van der Waals surface area contributed by atoms with E-state index in [0.29, 0.717) is 47.0 Å². The molecule has 1 saturated heterocycles. The maximum absolute atomic E-state index is 14.7. The number of carbonyl (C=O) groups excluding carboxylic acids is 1. The largest absolute Gasteiger partial charge is 0.384 e. The molecule has 1 amide bonds. The summed E-state index contributed by atoms with van der Waals surface area (Å²) in [5.74, 6) is 5.63. The van der Waals surface area contributed by atoms with Crippen LogP contribution in [-0.4, -0.2) is 63.9 Å². The summed E-state index contributed by atoms with van der Waals surface area (Å²) in [4.78, 5) is 29.4. The summed E-state index contributed by atoms with van der Waals surface area (Å²) in [7, 11) is 1.99. The van der Waals surface area contributed by atoms with E-state index >= 15 is 0 Å². The van der Waals surface area contributed by atoms with Crippen molar-refractivity contribution in [1.82, 2.24) is 24.8 Å². The first-order valence-electron chi connectivity index (χ1n) is 10.5. The molecule has 0 saturated carbocycles. The van der Waals surface area contributed by atoms with Crippen LogP contribution in [-0.2, 0) is 0 Å². The Morgan fingerprint density at radius 3 is 2.52 bits per heavy atom. The quantitative estimate of drug-likeness (QED) is 0.580. The third-order valence-electron chi connectivity index (χ3n) is 5.49. The molecular formula is C24H24FN7O. The van der Waals surface area contributed by atoms with Crippen LogP contribution >= 0.6 is 0 Å². The number of hydrogen-bond acceptors (Lipinski definition) is 7. The van der Waals surface area contributed by atoms with Gasteiger partial charge < -0.3 is 21.3 Å². The molecule has 1 aliphatic heterocycles. The lowest BCUT2D eigenvalue weighted by Crippen LogP contribution is -2.47. The van der Waals surface area contributed by atoms with Crippen molar-refractivity contribution in [2.75, 3.05) is 44.7 Å². The number of nitrogens with two attached hydrogens (primary N) is 2. The highest BCUT2D eigenvalue weighted by Crippen LogP contribution is 2.27. The van der Waals surface area contributed by atoms with Crippen LogP contribution in [0, 0.1) is 24.6 Å². The molecule has 1 aliphatic rings. The molecule has 1 aromatic carbocycles. The van der Waals surface area contributed by atoms with Gasteiger partial charge in [-0.2, -0.15) is 0 Å². The lowest BCUT2D eigenvalue weighted by Gasteiger charge is -2.32. The Bertz CT molecular complexity index is 1260. The Balaban J connectivity index is 1.74. The summed E-state index contributed by atoms with van der Waals surface area (Å²) in [6.07, 6.45) is 1.57. The summed E-state index contributed by atoms with van der Waals surface area (Å²) in [6.45, 7) is 4.35. The minimum atomic E-state index is -0.581. The van der Waals surface area contributed by atoms with Gasteiger partial charge in [0.15, 0.2) is 0 Å². The van der Waals surface area contributed by atoms with Gasteiger partial charge in [-0.25, -0.2) is 19.3 Å². The van der Waals surface area contributed by atoms with Gasteiger partial charge in [-0.05, 0) is 44.3 Å². The summed E-state index contributed by atoms with van der Waals surface area (Å²) < 4.78 is 14.7. The fourth-order valence-corrected chi connectivity index (χ4v) is 3.58. The highest BCUT2D eigenvalue weighted by molar-refractivity contribution is 5.96. The van der Waals surface area contributed by atoms with E-state index in [4.69, 9.17) is 11.5 Å². The monoisotopic (exact) mass is 445 g/mol. The lowest BCUT2D eigenvalue weighted by molar-refractivity contribution is 0.0659. The van der Waals surface area contributed by atoms with Crippen LogP contribution in [0.5, 0.6) is 0 Å². The number of pyridine rings is 1. The van der Waals surface area contributed by atoms with E-state index in [1.807, 2.05) is 7.05 Å². The van der Waals surface area contributed by atoms with Gasteiger partial charge in [0.2, 0.25) is 5.95 Å². The third-order valence-corrected chi connectivity index (χ3v) is 5.49. The summed E-state index contributed by atoms with van der Waals surface area (Å²) >= 11 is 0. The molecular weight excluding hydrogens is 421 g/mol. The molecule has 4 rings (SSSR count). The maximum atomic E-state index is 14.7. The standard InChI is InChI=1S/C24H24FN7O/c1-15-18(6-3-16-4-8-21(26)28-14-16)22(30-24(27)29-15)17-5-7-20(25)19(13-17)23(33)32-11-9-31(2)10-12-32/h4-5,7-8,13-14H,9-12H2,1-2H3,(H2,26,28)(H2,27,29,30). The van der Waals surface area contributed by atoms with Crippen molar-refractivity contribution in [2.24, 2.45) is 0 Å². The molecule has 0 radical (unpaired) electrons. The van der Waals surface area contributed by atoms with E-state index < -0.39 is 5.82 Å². The average Bonchev–Trinajstić information content (AvgIpc) is 2.79. The number of amides is 1. The van der Waals surface area contributed by atoms with Gasteiger partial charge in [0.25, 0.3) is 5.91 Å². The number of rotatable bonds is 2. The predicted molar refractivity (Wildman–Crippen MR) is 125 cm³/mol. The summed E-state index contributed by atoms with van der Waals surface area (Å²) in [6, 6.07) is 7.76. The Labute approximate surface area is 191 Å². The van der Waals surface area contributed by atoms with Crippen LogP contribution < -0.4 is 11.5 Å². The Morgan fingerprint density at radius 2 is 1.82 bits per heavy atom. The number of anilines is 2. The van der Waals surface area contributed by atoms with E-state index in [2.05, 4.69) is 31.7 Å². The zero-order valence-electron chi connectivity index (χ0n) is 18.5. The fraction of sp³-hybridized carbons (Fsp3) is 0.250. The molecule has 9 heteroatoms. The third kappa shape index (κ3) is 4.91. The average molecular weight is 446 g/mol. The van der Waals surface area contributed by atoms with Crippen LogP contribution in [0.2, 0.25) is 0 Å². The molecule has 0 bridgehead atoms. The number of piperazine rings is 1. The van der Waals surface area contributed by atoms with Gasteiger partial charge in [0.1, 0.15) is 11.6 Å². The molecule has 33 heavy (non-hydrogen) atoms. The number of benzene rings is 1. The van der Waals surface area contributed by atoms with E-state index in [1.54, 1.807) is 36.2 Å². The van der Waals surface area contributed by atoms with Crippen molar-refractivity contribution in [2.45, 2.75) is 6.92 Å². The van der Waals surface area contributed by atoms with Gasteiger partial charge >= 0.3 is 0 Å². The number of halogens is 1. The second kappa shape index (κ2) is 9.22. The molecule has 1 fully saturated rings. The van der Waals surface area contributed by atoms with Gasteiger partial charge in [-0.15, -0.1) is 0 Å². The highest BCUT2D eigenvalue weighted by Gasteiger charge is 2.24. The minimum absolute atomic E-state index is 0.00599. The van der Waals surface area contributed by atoms with Crippen molar-refractivity contribution in [3.05, 3.63) is 64.7 Å². The number of likely N-dealkylation sites (N-methyl/N-ethyl adjacent to an activating group) is 1. The molecule has 0 unspecified atom stereocenters. The zero-order chi connectivity index (χ0) is 23.5. The Morgan fingerprint density at radius 1 is 1.06 bits per heavy atom. The van der Waals surface area contributed by atoms with Crippen LogP contribution in [0.3, 0.4) is 0 Å². The predicted octanol–water partition coefficient (Wildman–Crippen LogP) is 1.94. The Kier molecular flexibility index (Phi) is 6.20. The second-order valence-electron chi connectivity index (χ2n) is 7.90. The molecule has 0 atom stereocenters. The van der Waals surface area contributed by atoms with Crippen LogP contribution in [0.1, 0.15) is 27.2 Å². The van der Waals surface area contributed by atoms with E-state index in [1.165, 1.54) is 12.1 Å². The topological polar surface area (TPSA) is 114 Å². The van der Waals surface area contributed by atoms with Crippen LogP contribution in [0.15, 0.2) is 36.5 Å². The van der Waals surface area contributed by atoms with Crippen LogP contribution in [0.4, 0.5) is 16.2 Å². The number of carbonyl (C=O) groups is 1. The van der Waals surface area contributed by atoms with Crippen molar-refractivity contribution in [3.63, 3.8) is 0 Å². The first kappa shape index (κ1) is 22.2. The first-order chi connectivity index (χ1) is 15.8. The highest BCUT2D eigenvalue weighted by atomic mass is 19.1. The van der Waals surface area contributed by atoms with Crippen molar-refractivity contribution in [1.29, 1.82) is 0 Å². The second-order valence-corrected chi connectivity index (χ2v) is 7.90. The van der Waals surface area contributed by atoms with Crippen molar-refractivity contribution >= 4 is 17.7 Å². The molecule has 168 valence electrons. The molecule has 4 N–H and O–H groups in total. The maximum Gasteiger partial charge on any atom is 0.256 e. The lowest BCUT2D eigenvalue weighted by atomic mass is 10.0. The number of hydrogen-bond donors (Lipinski definition) is 2. The SMILES string of the molecule is Cc1nc(N)nc(-c2ccc(F)c(C(=O)N3CCN(C)CC3)c2)c1C#Cc1ccc(N)nc1. The van der Waals surface area contributed by atoms with Crippen molar-refractivity contribution < 1.29 is 9.18 Å². The molecule has 0 aliphatic carbocycles. The smallest absolute Gasteiger partial charge is 0.256 e. The van der Waals surface area contributed by atoms with E-state index in [9.17, 15) is 9.18 Å². The van der Waals surface area contributed by atoms with Gasteiger partial charge in [0.05, 0.1) is 22.5 Å². The van der Waals surface area contributed by atoms with Crippen LogP contribution in [0.25, 0.3) is 11.3 Å². The van der Waals surface area contributed by atoms with E-state index in [-0.39, 0.29) is 17.4 Å². The normalized spacial score (nSPS) is 14.0. The number of nitrogen functional groups attached to an aromatic ring is 2. The molecule has 0 spiro atoms. The zero-order valence-corrected chi connectivity index (χ0v) is 18.5. The van der Waals surface area contributed by atoms with Gasteiger partial charge in [-0.3, -0.25) is 4.79 Å².